The molecule has 1 unspecified atom stereocenters. The fourth-order valence-electron chi connectivity index (χ4n) is 1.14. The monoisotopic (exact) mass is 177 g/mol. The van der Waals surface area contributed by atoms with Gasteiger partial charge in [-0.25, -0.2) is 0 Å². The molecule has 0 amide bonds. The molecule has 0 bridgehead atoms. The van der Waals surface area contributed by atoms with Crippen LogP contribution >= 0.6 is 0 Å². The van der Waals surface area contributed by atoms with Gasteiger partial charge in [-0.05, 0) is 0 Å². The fourth-order valence-corrected chi connectivity index (χ4v) is 1.55. The van der Waals surface area contributed by atoms with Gasteiger partial charge in [-0.15, -0.1) is 0 Å². The van der Waals surface area contributed by atoms with E-state index < -0.39 is 11.1 Å². The third-order valence-corrected chi connectivity index (χ3v) is 2.30. The van der Waals surface area contributed by atoms with Gasteiger partial charge in [-0.3, -0.25) is 9.11 Å². The van der Waals surface area contributed by atoms with E-state index in [1.165, 1.54) is 0 Å². The number of hydrogen-bond donors (Lipinski definition) is 1. The van der Waals surface area contributed by atoms with Gasteiger partial charge in [0.25, 0.3) is 0 Å². The Morgan fingerprint density at radius 3 is 2.64 bits per heavy atom. The van der Waals surface area contributed by atoms with Crippen molar-refractivity contribution in [1.29, 1.82) is 0 Å². The highest BCUT2D eigenvalue weighted by molar-refractivity contribution is 7.79. The summed E-state index contributed by atoms with van der Waals surface area (Å²) >= 11 is -1.88. The zero-order valence-corrected chi connectivity index (χ0v) is 7.23. The van der Waals surface area contributed by atoms with Crippen molar-refractivity contribution in [3.05, 3.63) is 0 Å². The summed E-state index contributed by atoms with van der Waals surface area (Å²) in [4.78, 5) is 2.16. The van der Waals surface area contributed by atoms with Crippen LogP contribution in [0.3, 0.4) is 0 Å². The quantitative estimate of drug-likeness (QED) is 0.548. The highest BCUT2D eigenvalue weighted by atomic mass is 32.2. The Balaban J connectivity index is 2.09. The molecule has 11 heavy (non-hydrogen) atoms. The maximum absolute atomic E-state index is 10.2. The van der Waals surface area contributed by atoms with Gasteiger partial charge in [-0.2, -0.15) is 0 Å². The lowest BCUT2D eigenvalue weighted by Crippen LogP contribution is -2.44. The zero-order chi connectivity index (χ0) is 8.10. The zero-order valence-electron chi connectivity index (χ0n) is 6.41. The van der Waals surface area contributed by atoms with Crippen LogP contribution in [-0.2, 0) is 11.1 Å². The van der Waals surface area contributed by atoms with Gasteiger partial charge in [0.05, 0.1) is 0 Å². The second-order valence-corrected chi connectivity index (χ2v) is 3.62. The maximum atomic E-state index is 10.2. The molecule has 0 aromatic carbocycles. The number of nitrogens with zero attached hydrogens (tertiary/aromatic N) is 1. The molecule has 0 saturated carbocycles. The highest BCUT2D eigenvalue weighted by Crippen LogP contribution is 1.91. The number of nitrogens with one attached hydrogen (secondary N) is 1. The Bertz CT molecular complexity index is 137. The molecule has 5 heteroatoms. The van der Waals surface area contributed by atoms with Crippen molar-refractivity contribution in [1.82, 2.24) is 10.2 Å². The van der Waals surface area contributed by atoms with Crippen LogP contribution in [0.2, 0.25) is 0 Å². The van der Waals surface area contributed by atoms with Crippen molar-refractivity contribution in [2.24, 2.45) is 0 Å². The van der Waals surface area contributed by atoms with Crippen molar-refractivity contribution in [2.75, 3.05) is 38.5 Å². The fraction of sp³-hybridized carbons (Fsp3) is 1.00. The van der Waals surface area contributed by atoms with Crippen LogP contribution in [0.5, 0.6) is 0 Å². The van der Waals surface area contributed by atoms with Crippen LogP contribution in [-0.4, -0.2) is 52.1 Å². The standard InChI is InChI=1S/C6H14N2O2S/c9-11(10)6-5-8-3-1-7-2-4-8/h7H,1-6H2,(H,9,10)/p-1. The molecule has 0 radical (unpaired) electrons. The van der Waals surface area contributed by atoms with Gasteiger partial charge >= 0.3 is 0 Å². The van der Waals surface area contributed by atoms with Crippen molar-refractivity contribution in [3.63, 3.8) is 0 Å². The van der Waals surface area contributed by atoms with E-state index in [-0.39, 0.29) is 5.75 Å². The molecule has 1 saturated heterocycles. The summed E-state index contributed by atoms with van der Waals surface area (Å²) in [6, 6.07) is 0. The van der Waals surface area contributed by atoms with E-state index in [1.807, 2.05) is 0 Å². The molecule has 0 aromatic heterocycles. The molecule has 1 heterocycles. The molecule has 1 aliphatic rings. The molecule has 1 aliphatic heterocycles. The van der Waals surface area contributed by atoms with E-state index in [2.05, 4.69) is 10.2 Å². The molecule has 0 spiro atoms. The van der Waals surface area contributed by atoms with Crippen LogP contribution in [0.1, 0.15) is 0 Å². The predicted molar refractivity (Wildman–Crippen MR) is 43.1 cm³/mol. The van der Waals surface area contributed by atoms with Gasteiger partial charge in [-0.1, -0.05) is 11.1 Å². The van der Waals surface area contributed by atoms with E-state index in [0.717, 1.165) is 26.2 Å². The first-order valence-electron chi connectivity index (χ1n) is 3.78. The molecule has 4 nitrogen and oxygen atoms in total. The second kappa shape index (κ2) is 4.82. The van der Waals surface area contributed by atoms with Crippen molar-refractivity contribution < 1.29 is 8.76 Å². The topological polar surface area (TPSA) is 55.4 Å². The summed E-state index contributed by atoms with van der Waals surface area (Å²) in [6.07, 6.45) is 0. The van der Waals surface area contributed by atoms with E-state index in [9.17, 15) is 8.76 Å². The Labute approximate surface area is 69.2 Å². The summed E-state index contributed by atoms with van der Waals surface area (Å²) in [7, 11) is 0. The highest BCUT2D eigenvalue weighted by Gasteiger charge is 2.07. The largest absolute Gasteiger partial charge is 0.772 e. The van der Waals surface area contributed by atoms with Crippen LogP contribution in [0.4, 0.5) is 0 Å². The van der Waals surface area contributed by atoms with Gasteiger partial charge in [0, 0.05) is 38.5 Å². The maximum Gasteiger partial charge on any atom is 0.0229 e. The molecule has 1 atom stereocenters. The first-order chi connectivity index (χ1) is 5.29. The molecule has 1 N–H and O–H groups in total. The minimum absolute atomic E-state index is 0.264. The molecule has 1 fully saturated rings. The predicted octanol–water partition coefficient (Wildman–Crippen LogP) is -1.23. The minimum atomic E-state index is -1.88. The molecule has 66 valence electrons. The third-order valence-electron chi connectivity index (χ3n) is 1.78. The summed E-state index contributed by atoms with van der Waals surface area (Å²) in [5.41, 5.74) is 0. The Morgan fingerprint density at radius 2 is 2.09 bits per heavy atom. The number of hydrogen-bond acceptors (Lipinski definition) is 4. The first kappa shape index (κ1) is 9.12. The van der Waals surface area contributed by atoms with E-state index >= 15 is 0 Å². The average molecular weight is 177 g/mol. The number of piperazine rings is 1. The van der Waals surface area contributed by atoms with E-state index in [4.69, 9.17) is 0 Å². The molecular formula is C6H13N2O2S-. The molecule has 0 aliphatic carbocycles. The van der Waals surface area contributed by atoms with Crippen molar-refractivity contribution >= 4 is 11.1 Å². The first-order valence-corrected chi connectivity index (χ1v) is 5.02. The van der Waals surface area contributed by atoms with E-state index in [1.54, 1.807) is 0 Å². The molecular weight excluding hydrogens is 164 g/mol. The van der Waals surface area contributed by atoms with Gasteiger partial charge in [0.15, 0.2) is 0 Å². The van der Waals surface area contributed by atoms with Gasteiger partial charge in [0.2, 0.25) is 0 Å². The lowest BCUT2D eigenvalue weighted by molar-refractivity contribution is 0.253. The lowest BCUT2D eigenvalue weighted by atomic mass is 10.4. The van der Waals surface area contributed by atoms with Crippen LogP contribution < -0.4 is 5.32 Å². The molecule has 0 aromatic rings. The second-order valence-electron chi connectivity index (χ2n) is 2.60. The third kappa shape index (κ3) is 3.81. The van der Waals surface area contributed by atoms with Gasteiger partial charge < -0.3 is 9.87 Å². The van der Waals surface area contributed by atoms with E-state index in [0.29, 0.717) is 6.54 Å². The lowest BCUT2D eigenvalue weighted by Gasteiger charge is -2.27. The number of rotatable bonds is 3. The summed E-state index contributed by atoms with van der Waals surface area (Å²) in [5, 5.41) is 3.21. The Kier molecular flexibility index (Phi) is 3.99. The van der Waals surface area contributed by atoms with Crippen LogP contribution in [0.25, 0.3) is 0 Å². The normalized spacial score (nSPS) is 23.4. The Morgan fingerprint density at radius 1 is 1.45 bits per heavy atom. The van der Waals surface area contributed by atoms with Crippen molar-refractivity contribution in [3.8, 4) is 0 Å². The summed E-state index contributed by atoms with van der Waals surface area (Å²) in [5.74, 6) is 0.264. The SMILES string of the molecule is O=S([O-])CCN1CCNCC1. The minimum Gasteiger partial charge on any atom is -0.772 e. The van der Waals surface area contributed by atoms with Gasteiger partial charge in [0.1, 0.15) is 0 Å². The molecule has 1 rings (SSSR count). The summed E-state index contributed by atoms with van der Waals surface area (Å²) < 4.78 is 20.4. The van der Waals surface area contributed by atoms with Crippen LogP contribution in [0.15, 0.2) is 0 Å². The smallest absolute Gasteiger partial charge is 0.0229 e. The van der Waals surface area contributed by atoms with Crippen LogP contribution in [0, 0.1) is 0 Å². The van der Waals surface area contributed by atoms with Crippen molar-refractivity contribution in [2.45, 2.75) is 0 Å². The summed E-state index contributed by atoms with van der Waals surface area (Å²) in [6.45, 7) is 4.57. The Hall–Kier alpha value is 0.0300. The average Bonchev–Trinajstić information content (AvgIpc) is 2.03.